The molecule has 4 rings (SSSR count). The van der Waals surface area contributed by atoms with Crippen LogP contribution in [0.1, 0.15) is 96.1 Å². The molecule has 4 heteroatoms. The number of phenols is 1. The highest BCUT2D eigenvalue weighted by Crippen LogP contribution is 2.56. The van der Waals surface area contributed by atoms with E-state index in [-0.39, 0.29) is 23.2 Å². The van der Waals surface area contributed by atoms with Crippen molar-refractivity contribution in [3.63, 3.8) is 0 Å². The zero-order valence-corrected chi connectivity index (χ0v) is 18.2. The Hall–Kier alpha value is -1.97. The van der Waals surface area contributed by atoms with Crippen LogP contribution in [-0.2, 0) is 15.1 Å². The zero-order chi connectivity index (χ0) is 20.8. The predicted molar refractivity (Wildman–Crippen MR) is 113 cm³/mol. The van der Waals surface area contributed by atoms with Gasteiger partial charge in [-0.25, -0.2) is 0 Å². The van der Waals surface area contributed by atoms with E-state index in [4.69, 9.17) is 9.47 Å². The molecule has 0 aromatic heterocycles. The number of carbonyl (C=O) groups is 1. The molecule has 0 radical (unpaired) electrons. The van der Waals surface area contributed by atoms with Crippen LogP contribution in [0.4, 0.5) is 0 Å². The number of aromatic hydroxyl groups is 1. The number of rotatable bonds is 6. The molecule has 4 nitrogen and oxygen atoms in total. The van der Waals surface area contributed by atoms with Crippen molar-refractivity contribution >= 4 is 5.97 Å². The minimum absolute atomic E-state index is 0.160. The van der Waals surface area contributed by atoms with Crippen LogP contribution in [0.25, 0.3) is 0 Å². The molecule has 1 aromatic rings. The van der Waals surface area contributed by atoms with E-state index in [9.17, 15) is 9.90 Å². The lowest BCUT2D eigenvalue weighted by atomic mass is 9.66. The van der Waals surface area contributed by atoms with Crippen LogP contribution < -0.4 is 4.74 Å². The van der Waals surface area contributed by atoms with Gasteiger partial charge >= 0.3 is 5.97 Å². The van der Waals surface area contributed by atoms with Crippen LogP contribution in [-0.4, -0.2) is 16.7 Å². The van der Waals surface area contributed by atoms with Gasteiger partial charge in [-0.05, 0) is 58.6 Å². The summed E-state index contributed by atoms with van der Waals surface area (Å²) in [5, 5.41) is 11.1. The highest BCUT2D eigenvalue weighted by molar-refractivity contribution is 5.78. The molecule has 0 bridgehead atoms. The molecule has 3 atom stereocenters. The smallest absolute Gasteiger partial charge is 0.311 e. The Balaban J connectivity index is 1.69. The molecule has 3 aliphatic rings. The summed E-state index contributed by atoms with van der Waals surface area (Å²) >= 11 is 0. The second-order valence-corrected chi connectivity index (χ2v) is 9.77. The molecular formula is C25H34O4. The van der Waals surface area contributed by atoms with E-state index in [0.29, 0.717) is 12.3 Å². The van der Waals surface area contributed by atoms with Crippen molar-refractivity contribution in [2.24, 2.45) is 5.92 Å². The quantitative estimate of drug-likeness (QED) is 0.356. The molecule has 0 spiro atoms. The summed E-state index contributed by atoms with van der Waals surface area (Å²) in [6.07, 6.45) is 9.92. The van der Waals surface area contributed by atoms with E-state index in [1.165, 1.54) is 18.4 Å². The minimum atomic E-state index is -0.607. The van der Waals surface area contributed by atoms with Gasteiger partial charge in [0, 0.05) is 23.0 Å². The van der Waals surface area contributed by atoms with Gasteiger partial charge in [-0.2, -0.15) is 0 Å². The summed E-state index contributed by atoms with van der Waals surface area (Å²) in [7, 11) is 0. The van der Waals surface area contributed by atoms with Crippen LogP contribution in [0.5, 0.6) is 11.5 Å². The van der Waals surface area contributed by atoms with Gasteiger partial charge in [0.15, 0.2) is 0 Å². The third-order valence-electron chi connectivity index (χ3n) is 7.20. The lowest BCUT2D eigenvalue weighted by molar-refractivity contribution is -0.196. The Morgan fingerprint density at radius 1 is 1.17 bits per heavy atom. The fourth-order valence-corrected chi connectivity index (χ4v) is 5.55. The minimum Gasteiger partial charge on any atom is -0.508 e. The average molecular weight is 399 g/mol. The largest absolute Gasteiger partial charge is 0.508 e. The Bertz CT molecular complexity index is 827. The number of benzene rings is 1. The summed E-state index contributed by atoms with van der Waals surface area (Å²) in [6, 6.07) is 3.87. The first-order valence-corrected chi connectivity index (χ1v) is 11.2. The molecule has 1 aliphatic carbocycles. The summed E-state index contributed by atoms with van der Waals surface area (Å²) in [4.78, 5) is 11.8. The standard InChI is InChI=1S/C25H34O4/c1-5-6-7-8-11-25(15-22(27)29-25)17-13-20(26)23-18-12-16(2)9-10-19(18)24(3,4)28-21(23)14-17/h9,13-14,18-19,26H,5-8,10-12,15H2,1-4H3/t18-,19?,25?/m1/s1. The van der Waals surface area contributed by atoms with Crippen molar-refractivity contribution in [1.29, 1.82) is 0 Å². The molecule has 158 valence electrons. The molecule has 1 N–H and O–H groups in total. The number of unbranched alkanes of at least 4 members (excludes halogenated alkanes) is 3. The zero-order valence-electron chi connectivity index (χ0n) is 18.2. The summed E-state index contributed by atoms with van der Waals surface area (Å²) in [6.45, 7) is 8.66. The van der Waals surface area contributed by atoms with E-state index < -0.39 is 5.60 Å². The maximum atomic E-state index is 11.8. The van der Waals surface area contributed by atoms with Crippen LogP contribution >= 0.6 is 0 Å². The van der Waals surface area contributed by atoms with Gasteiger partial charge in [-0.1, -0.05) is 37.8 Å². The van der Waals surface area contributed by atoms with Crippen molar-refractivity contribution in [2.75, 3.05) is 0 Å². The molecule has 1 aromatic carbocycles. The Morgan fingerprint density at radius 2 is 1.93 bits per heavy atom. The van der Waals surface area contributed by atoms with Gasteiger partial charge in [0.05, 0.1) is 6.42 Å². The van der Waals surface area contributed by atoms with Crippen molar-refractivity contribution in [1.82, 2.24) is 0 Å². The first kappa shape index (κ1) is 20.3. The molecule has 2 heterocycles. The van der Waals surface area contributed by atoms with Gasteiger partial charge in [-0.15, -0.1) is 0 Å². The normalized spacial score (nSPS) is 29.7. The maximum Gasteiger partial charge on any atom is 0.311 e. The number of allylic oxidation sites excluding steroid dienone is 2. The third-order valence-corrected chi connectivity index (χ3v) is 7.20. The molecule has 2 aliphatic heterocycles. The number of esters is 1. The van der Waals surface area contributed by atoms with Gasteiger partial charge in [-0.3, -0.25) is 4.79 Å². The van der Waals surface area contributed by atoms with E-state index in [2.05, 4.69) is 33.8 Å². The third kappa shape index (κ3) is 3.55. The van der Waals surface area contributed by atoms with Crippen LogP contribution in [0, 0.1) is 5.92 Å². The van der Waals surface area contributed by atoms with Gasteiger partial charge < -0.3 is 14.6 Å². The van der Waals surface area contributed by atoms with Gasteiger partial charge in [0.25, 0.3) is 0 Å². The predicted octanol–water partition coefficient (Wildman–Crippen LogP) is 6.12. The Kier molecular flexibility index (Phi) is 5.16. The van der Waals surface area contributed by atoms with E-state index in [1.807, 2.05) is 12.1 Å². The molecule has 29 heavy (non-hydrogen) atoms. The van der Waals surface area contributed by atoms with Crippen molar-refractivity contribution in [3.8, 4) is 11.5 Å². The average Bonchev–Trinajstić information content (AvgIpc) is 2.62. The number of carbonyl (C=O) groups excluding carboxylic acids is 1. The highest BCUT2D eigenvalue weighted by Gasteiger charge is 2.50. The molecule has 1 saturated heterocycles. The van der Waals surface area contributed by atoms with Crippen LogP contribution in [0.15, 0.2) is 23.8 Å². The van der Waals surface area contributed by atoms with E-state index >= 15 is 0 Å². The van der Waals surface area contributed by atoms with E-state index in [0.717, 1.165) is 49.0 Å². The number of hydrogen-bond donors (Lipinski definition) is 1. The van der Waals surface area contributed by atoms with Crippen molar-refractivity contribution in [3.05, 3.63) is 34.9 Å². The number of hydrogen-bond acceptors (Lipinski definition) is 4. The van der Waals surface area contributed by atoms with Gasteiger partial charge in [0.2, 0.25) is 0 Å². The number of phenolic OH excluding ortho intramolecular Hbond substituents is 1. The Labute approximate surface area is 174 Å². The first-order chi connectivity index (χ1) is 13.8. The molecule has 2 unspecified atom stereocenters. The molecule has 1 fully saturated rings. The summed E-state index contributed by atoms with van der Waals surface area (Å²) in [5.74, 6) is 1.50. The fourth-order valence-electron chi connectivity index (χ4n) is 5.55. The number of cyclic esters (lactones) is 1. The molecule has 0 saturated carbocycles. The van der Waals surface area contributed by atoms with Crippen LogP contribution in [0.3, 0.4) is 0 Å². The Morgan fingerprint density at radius 3 is 2.62 bits per heavy atom. The van der Waals surface area contributed by atoms with E-state index in [1.54, 1.807) is 0 Å². The lowest BCUT2D eigenvalue weighted by Gasteiger charge is -2.48. The number of ether oxygens (including phenoxy) is 2. The van der Waals surface area contributed by atoms with Gasteiger partial charge in [0.1, 0.15) is 22.7 Å². The van der Waals surface area contributed by atoms with Crippen molar-refractivity contribution < 1.29 is 19.4 Å². The number of fused-ring (bicyclic) bond motifs is 3. The monoisotopic (exact) mass is 398 g/mol. The summed E-state index contributed by atoms with van der Waals surface area (Å²) in [5.41, 5.74) is 2.27. The lowest BCUT2D eigenvalue weighted by Crippen LogP contribution is -2.47. The highest BCUT2D eigenvalue weighted by atomic mass is 16.6. The molecular weight excluding hydrogens is 364 g/mol. The van der Waals surface area contributed by atoms with Crippen molar-refractivity contribution in [2.45, 2.75) is 96.2 Å². The van der Waals surface area contributed by atoms with Crippen LogP contribution in [0.2, 0.25) is 0 Å². The first-order valence-electron chi connectivity index (χ1n) is 11.2. The SMILES string of the molecule is CCCCCCC1(c2cc(O)c3c(c2)OC(C)(C)C2CC=C(C)C[C@@H]32)CC(=O)O1. The maximum absolute atomic E-state index is 11.8. The topological polar surface area (TPSA) is 55.8 Å². The second kappa shape index (κ2) is 7.37. The fraction of sp³-hybridized carbons (Fsp3) is 0.640. The summed E-state index contributed by atoms with van der Waals surface area (Å²) < 4.78 is 12.1. The molecule has 0 amide bonds. The second-order valence-electron chi connectivity index (χ2n) is 9.77.